The van der Waals surface area contributed by atoms with Crippen LogP contribution in [-0.2, 0) is 11.2 Å². The minimum Gasteiger partial charge on any atom is -0.481 e. The lowest BCUT2D eigenvalue weighted by molar-refractivity contribution is -0.136. The second kappa shape index (κ2) is 4.09. The molecule has 2 heterocycles. The zero-order chi connectivity index (χ0) is 11.5. The molecule has 82 valence electrons. The first-order valence-electron chi connectivity index (χ1n) is 4.52. The highest BCUT2D eigenvalue weighted by Crippen LogP contribution is 2.07. The van der Waals surface area contributed by atoms with Gasteiger partial charge in [0.15, 0.2) is 5.82 Å². The van der Waals surface area contributed by atoms with Gasteiger partial charge >= 0.3 is 5.97 Å². The Labute approximate surface area is 90.2 Å². The third-order valence-electron chi connectivity index (χ3n) is 1.96. The van der Waals surface area contributed by atoms with Crippen LogP contribution < -0.4 is 0 Å². The van der Waals surface area contributed by atoms with Gasteiger partial charge in [-0.25, -0.2) is 9.07 Å². The maximum absolute atomic E-state index is 12.7. The van der Waals surface area contributed by atoms with Crippen LogP contribution in [0.3, 0.4) is 0 Å². The van der Waals surface area contributed by atoms with E-state index in [-0.39, 0.29) is 6.42 Å². The Balaban J connectivity index is 2.22. The lowest BCUT2D eigenvalue weighted by Crippen LogP contribution is -2.03. The van der Waals surface area contributed by atoms with Crippen LogP contribution >= 0.6 is 0 Å². The smallest absolute Gasteiger partial charge is 0.309 e. The minimum absolute atomic E-state index is 0.131. The van der Waals surface area contributed by atoms with Crippen LogP contribution in [-0.4, -0.2) is 25.8 Å². The third kappa shape index (κ3) is 2.22. The van der Waals surface area contributed by atoms with E-state index in [1.807, 2.05) is 0 Å². The number of nitrogens with zero attached hydrogens (tertiary/aromatic N) is 3. The standard InChI is InChI=1S/C10H8FN3O2/c11-7-4-13-14(6-7)9-2-1-8(12-5-9)3-10(15)16/h1-2,4-6H,3H2,(H,15,16). The highest BCUT2D eigenvalue weighted by molar-refractivity contribution is 5.69. The molecule has 16 heavy (non-hydrogen) atoms. The minimum atomic E-state index is -0.939. The molecule has 2 rings (SSSR count). The zero-order valence-corrected chi connectivity index (χ0v) is 8.17. The van der Waals surface area contributed by atoms with Crippen LogP contribution in [0.2, 0.25) is 0 Å². The molecule has 2 aromatic rings. The number of carboxylic acid groups (broad SMARTS) is 1. The van der Waals surface area contributed by atoms with Crippen molar-refractivity contribution in [2.24, 2.45) is 0 Å². The SMILES string of the molecule is O=C(O)Cc1ccc(-n2cc(F)cn2)cn1. The molecule has 1 N–H and O–H groups in total. The van der Waals surface area contributed by atoms with Gasteiger partial charge in [0, 0.05) is 0 Å². The molecule has 2 aromatic heterocycles. The van der Waals surface area contributed by atoms with E-state index in [9.17, 15) is 9.18 Å². The molecular formula is C10H8FN3O2. The largest absolute Gasteiger partial charge is 0.481 e. The number of aliphatic carboxylic acids is 1. The number of hydrogen-bond donors (Lipinski definition) is 1. The van der Waals surface area contributed by atoms with Crippen LogP contribution in [0.5, 0.6) is 0 Å². The zero-order valence-electron chi connectivity index (χ0n) is 8.17. The van der Waals surface area contributed by atoms with Crippen LogP contribution in [0.1, 0.15) is 5.69 Å². The molecule has 5 nitrogen and oxygen atoms in total. The maximum Gasteiger partial charge on any atom is 0.309 e. The van der Waals surface area contributed by atoms with Crippen LogP contribution in [0.15, 0.2) is 30.7 Å². The fourth-order valence-electron chi connectivity index (χ4n) is 1.25. The summed E-state index contributed by atoms with van der Waals surface area (Å²) in [5.74, 6) is -1.38. The second-order valence-electron chi connectivity index (χ2n) is 3.18. The average molecular weight is 221 g/mol. The van der Waals surface area contributed by atoms with E-state index in [0.29, 0.717) is 11.4 Å². The topological polar surface area (TPSA) is 68.0 Å². The summed E-state index contributed by atoms with van der Waals surface area (Å²) in [7, 11) is 0. The first-order valence-corrected chi connectivity index (χ1v) is 4.52. The van der Waals surface area contributed by atoms with Crippen molar-refractivity contribution >= 4 is 5.97 Å². The molecule has 0 radical (unpaired) electrons. The normalized spacial score (nSPS) is 10.3. The van der Waals surface area contributed by atoms with Gasteiger partial charge in [-0.15, -0.1) is 0 Å². The summed E-state index contributed by atoms with van der Waals surface area (Å²) in [6, 6.07) is 3.21. The molecule has 0 aliphatic rings. The first-order chi connectivity index (χ1) is 7.65. The van der Waals surface area contributed by atoms with Gasteiger partial charge in [0.05, 0.1) is 36.4 Å². The molecule has 0 aliphatic carbocycles. The maximum atomic E-state index is 12.7. The number of carbonyl (C=O) groups is 1. The van der Waals surface area contributed by atoms with E-state index in [4.69, 9.17) is 5.11 Å². The summed E-state index contributed by atoms with van der Waals surface area (Å²) in [5.41, 5.74) is 1.03. The Kier molecular flexibility index (Phi) is 2.63. The van der Waals surface area contributed by atoms with Gasteiger partial charge < -0.3 is 5.11 Å². The van der Waals surface area contributed by atoms with E-state index in [2.05, 4.69) is 10.1 Å². The van der Waals surface area contributed by atoms with Crippen molar-refractivity contribution in [3.63, 3.8) is 0 Å². The highest BCUT2D eigenvalue weighted by Gasteiger charge is 2.03. The quantitative estimate of drug-likeness (QED) is 0.840. The lowest BCUT2D eigenvalue weighted by Gasteiger charge is -2.01. The molecule has 0 atom stereocenters. The Bertz CT molecular complexity index is 507. The van der Waals surface area contributed by atoms with Crippen LogP contribution in [0, 0.1) is 5.82 Å². The summed E-state index contributed by atoms with van der Waals surface area (Å²) in [6.45, 7) is 0. The first kappa shape index (κ1) is 10.3. The molecular weight excluding hydrogens is 213 g/mol. The number of hydrogen-bond acceptors (Lipinski definition) is 3. The highest BCUT2D eigenvalue weighted by atomic mass is 19.1. The summed E-state index contributed by atoms with van der Waals surface area (Å²) in [5, 5.41) is 12.3. The van der Waals surface area contributed by atoms with Crippen molar-refractivity contribution in [1.82, 2.24) is 14.8 Å². The van der Waals surface area contributed by atoms with E-state index in [0.717, 1.165) is 6.20 Å². The van der Waals surface area contributed by atoms with Gasteiger partial charge in [0.1, 0.15) is 0 Å². The van der Waals surface area contributed by atoms with Gasteiger partial charge in [-0.1, -0.05) is 0 Å². The van der Waals surface area contributed by atoms with Gasteiger partial charge in [-0.2, -0.15) is 5.10 Å². The Morgan fingerprint density at radius 1 is 1.44 bits per heavy atom. The van der Waals surface area contributed by atoms with Crippen LogP contribution in [0.25, 0.3) is 5.69 Å². The number of aromatic nitrogens is 3. The molecule has 0 spiro atoms. The molecule has 0 saturated heterocycles. The van der Waals surface area contributed by atoms with E-state index in [1.54, 1.807) is 12.1 Å². The third-order valence-corrected chi connectivity index (χ3v) is 1.96. The van der Waals surface area contributed by atoms with Gasteiger partial charge in [0.2, 0.25) is 0 Å². The van der Waals surface area contributed by atoms with Crippen molar-refractivity contribution < 1.29 is 14.3 Å². The van der Waals surface area contributed by atoms with E-state index >= 15 is 0 Å². The molecule has 0 fully saturated rings. The second-order valence-corrected chi connectivity index (χ2v) is 3.18. The summed E-state index contributed by atoms with van der Waals surface area (Å²) in [6.07, 6.45) is 3.62. The van der Waals surface area contributed by atoms with Crippen molar-refractivity contribution in [1.29, 1.82) is 0 Å². The summed E-state index contributed by atoms with van der Waals surface area (Å²) >= 11 is 0. The van der Waals surface area contributed by atoms with E-state index < -0.39 is 11.8 Å². The molecule has 0 saturated carbocycles. The molecule has 0 aromatic carbocycles. The lowest BCUT2D eigenvalue weighted by atomic mass is 10.2. The summed E-state index contributed by atoms with van der Waals surface area (Å²) in [4.78, 5) is 14.4. The average Bonchev–Trinajstić information content (AvgIpc) is 2.65. The number of carboxylic acids is 1. The number of pyridine rings is 1. The fourth-order valence-corrected chi connectivity index (χ4v) is 1.25. The number of halogens is 1. The van der Waals surface area contributed by atoms with Gasteiger partial charge in [-0.3, -0.25) is 9.78 Å². The number of rotatable bonds is 3. The van der Waals surface area contributed by atoms with Gasteiger partial charge in [-0.05, 0) is 12.1 Å². The summed E-state index contributed by atoms with van der Waals surface area (Å²) < 4.78 is 14.0. The Hall–Kier alpha value is -2.24. The Morgan fingerprint density at radius 3 is 2.75 bits per heavy atom. The predicted molar refractivity (Wildman–Crippen MR) is 52.7 cm³/mol. The molecule has 0 amide bonds. The predicted octanol–water partition coefficient (Wildman–Crippen LogP) is 1.03. The van der Waals surface area contributed by atoms with Crippen molar-refractivity contribution in [2.45, 2.75) is 6.42 Å². The Morgan fingerprint density at radius 2 is 2.25 bits per heavy atom. The molecule has 6 heteroatoms. The fraction of sp³-hybridized carbons (Fsp3) is 0.100. The van der Waals surface area contributed by atoms with Gasteiger partial charge in [0.25, 0.3) is 0 Å². The van der Waals surface area contributed by atoms with Crippen molar-refractivity contribution in [2.75, 3.05) is 0 Å². The van der Waals surface area contributed by atoms with Crippen molar-refractivity contribution in [3.05, 3.63) is 42.2 Å². The molecule has 0 unspecified atom stereocenters. The van der Waals surface area contributed by atoms with Crippen molar-refractivity contribution in [3.8, 4) is 5.69 Å². The molecule has 0 aliphatic heterocycles. The monoisotopic (exact) mass is 221 g/mol. The van der Waals surface area contributed by atoms with Crippen LogP contribution in [0.4, 0.5) is 4.39 Å². The molecule has 0 bridgehead atoms. The van der Waals surface area contributed by atoms with E-state index in [1.165, 1.54) is 17.1 Å².